The number of ether oxygens (including phenoxy) is 2. The number of hydrogen-bond acceptors (Lipinski definition) is 6. The molecule has 1 aromatic heterocycles. The Morgan fingerprint density at radius 2 is 1.76 bits per heavy atom. The van der Waals surface area contributed by atoms with Gasteiger partial charge in [0.1, 0.15) is 23.0 Å². The van der Waals surface area contributed by atoms with Crippen molar-refractivity contribution in [3.8, 4) is 5.75 Å². The van der Waals surface area contributed by atoms with E-state index in [1.807, 2.05) is 13.0 Å². The minimum Gasteiger partial charge on any atom is -0.496 e. The number of aromatic nitrogens is 1. The van der Waals surface area contributed by atoms with E-state index in [-0.39, 0.29) is 42.7 Å². The van der Waals surface area contributed by atoms with Gasteiger partial charge in [-0.1, -0.05) is 20.8 Å². The normalized spacial score (nSPS) is 23.0. The van der Waals surface area contributed by atoms with Crippen LogP contribution in [0.25, 0.3) is 0 Å². The highest BCUT2D eigenvalue weighted by Gasteiger charge is 2.46. The number of anilines is 1. The first-order chi connectivity index (χ1) is 15.8. The van der Waals surface area contributed by atoms with Crippen LogP contribution in [0, 0.1) is 17.8 Å². The van der Waals surface area contributed by atoms with Crippen molar-refractivity contribution in [1.29, 1.82) is 0 Å². The first-order valence-electron chi connectivity index (χ1n) is 12.2. The summed E-state index contributed by atoms with van der Waals surface area (Å²) < 4.78 is 11.2. The largest absolute Gasteiger partial charge is 0.496 e. The lowest BCUT2D eigenvalue weighted by Crippen LogP contribution is -2.56. The van der Waals surface area contributed by atoms with Gasteiger partial charge >= 0.3 is 6.09 Å². The van der Waals surface area contributed by atoms with Crippen LogP contribution >= 0.6 is 0 Å². The van der Waals surface area contributed by atoms with E-state index < -0.39 is 23.5 Å². The van der Waals surface area contributed by atoms with Gasteiger partial charge in [0.05, 0.1) is 13.0 Å². The smallest absolute Gasteiger partial charge is 0.410 e. The van der Waals surface area contributed by atoms with E-state index >= 15 is 0 Å². The van der Waals surface area contributed by atoms with Crippen molar-refractivity contribution < 1.29 is 23.9 Å². The number of amides is 2. The lowest BCUT2D eigenvalue weighted by atomic mass is 9.76. The molecular formula is C26H39N3O5. The van der Waals surface area contributed by atoms with Crippen molar-refractivity contribution >= 4 is 23.6 Å². The zero-order valence-electron chi connectivity index (χ0n) is 21.8. The lowest BCUT2D eigenvalue weighted by Gasteiger charge is -2.42. The second kappa shape index (κ2) is 9.92. The fraction of sp³-hybridized carbons (Fsp3) is 0.692. The van der Waals surface area contributed by atoms with Crippen LogP contribution in [-0.4, -0.2) is 59.5 Å². The molecule has 2 fully saturated rings. The average molecular weight is 474 g/mol. The molecule has 3 atom stereocenters. The van der Waals surface area contributed by atoms with E-state index in [1.165, 1.54) is 11.8 Å². The number of likely N-dealkylation sites (tertiary alicyclic amines) is 1. The summed E-state index contributed by atoms with van der Waals surface area (Å²) in [7, 11) is 1.62. The third-order valence-electron chi connectivity index (χ3n) is 6.71. The molecule has 34 heavy (non-hydrogen) atoms. The number of nitrogens with zero attached hydrogens (tertiary/aromatic N) is 3. The van der Waals surface area contributed by atoms with E-state index in [2.05, 4.69) is 18.8 Å². The van der Waals surface area contributed by atoms with Gasteiger partial charge < -0.3 is 14.4 Å². The molecule has 8 nitrogen and oxygen atoms in total. The maximum absolute atomic E-state index is 14.0. The van der Waals surface area contributed by atoms with Crippen molar-refractivity contribution in [1.82, 2.24) is 9.88 Å². The summed E-state index contributed by atoms with van der Waals surface area (Å²) in [5.74, 6) is 0.177. The number of pyridine rings is 1. The Morgan fingerprint density at radius 3 is 2.26 bits per heavy atom. The van der Waals surface area contributed by atoms with Crippen molar-refractivity contribution in [2.75, 3.05) is 25.1 Å². The molecule has 0 spiro atoms. The minimum absolute atomic E-state index is 0.0300. The highest BCUT2D eigenvalue weighted by molar-refractivity contribution is 5.96. The topological polar surface area (TPSA) is 89.0 Å². The van der Waals surface area contributed by atoms with Crippen LogP contribution in [0.3, 0.4) is 0 Å². The number of Topliss-reactive ketones (excluding diaryl/α,β-unsaturated/α-hetero) is 1. The van der Waals surface area contributed by atoms with E-state index in [4.69, 9.17) is 9.47 Å². The molecule has 0 aromatic carbocycles. The summed E-state index contributed by atoms with van der Waals surface area (Å²) in [5, 5.41) is 0. The van der Waals surface area contributed by atoms with E-state index in [9.17, 15) is 14.4 Å². The molecule has 188 valence electrons. The van der Waals surface area contributed by atoms with Gasteiger partial charge in [0.2, 0.25) is 5.91 Å². The number of ketones is 1. The molecule has 2 aliphatic rings. The van der Waals surface area contributed by atoms with Crippen molar-refractivity contribution in [2.45, 2.75) is 78.9 Å². The van der Waals surface area contributed by atoms with Gasteiger partial charge in [-0.2, -0.15) is 0 Å². The van der Waals surface area contributed by atoms with Crippen LogP contribution in [0.2, 0.25) is 0 Å². The number of methoxy groups -OCH3 is 1. The lowest BCUT2D eigenvalue weighted by molar-refractivity contribution is -0.132. The van der Waals surface area contributed by atoms with Crippen LogP contribution in [0.4, 0.5) is 10.6 Å². The zero-order chi connectivity index (χ0) is 25.4. The molecule has 0 radical (unpaired) electrons. The molecule has 0 N–H and O–H groups in total. The van der Waals surface area contributed by atoms with Crippen molar-refractivity contribution in [3.05, 3.63) is 17.8 Å². The molecule has 1 aliphatic heterocycles. The summed E-state index contributed by atoms with van der Waals surface area (Å²) in [4.78, 5) is 47.2. The van der Waals surface area contributed by atoms with Crippen LogP contribution in [-0.2, 0) is 14.3 Å². The monoisotopic (exact) mass is 473 g/mol. The Hall–Kier alpha value is -2.64. The minimum atomic E-state index is -0.663. The van der Waals surface area contributed by atoms with E-state index in [1.54, 1.807) is 39.0 Å². The van der Waals surface area contributed by atoms with Gasteiger partial charge in [-0.15, -0.1) is 0 Å². The Morgan fingerprint density at radius 1 is 1.15 bits per heavy atom. The molecule has 2 heterocycles. The highest BCUT2D eigenvalue weighted by atomic mass is 16.6. The van der Waals surface area contributed by atoms with Gasteiger partial charge in [-0.25, -0.2) is 9.78 Å². The predicted molar refractivity (Wildman–Crippen MR) is 130 cm³/mol. The SMILES string of the molecule is COc1cc(N(C(=O)C2CN(C(=O)OC(C)(C)C)CC(C(C)=O)[C@H]2C)C2CC2)ncc1C(C)C. The molecule has 8 heteroatoms. The van der Waals surface area contributed by atoms with E-state index in [0.29, 0.717) is 11.6 Å². The number of rotatable bonds is 6. The Balaban J connectivity index is 1.93. The van der Waals surface area contributed by atoms with Crippen molar-refractivity contribution in [2.24, 2.45) is 17.8 Å². The molecular weight excluding hydrogens is 434 g/mol. The zero-order valence-corrected chi connectivity index (χ0v) is 21.8. The molecule has 1 saturated carbocycles. The number of hydrogen-bond donors (Lipinski definition) is 0. The van der Waals surface area contributed by atoms with Crippen LogP contribution in [0.1, 0.15) is 72.8 Å². The van der Waals surface area contributed by atoms with Crippen LogP contribution in [0.5, 0.6) is 5.75 Å². The van der Waals surface area contributed by atoms with E-state index in [0.717, 1.165) is 18.4 Å². The summed E-state index contributed by atoms with van der Waals surface area (Å²) in [5.41, 5.74) is 0.317. The van der Waals surface area contributed by atoms with Gasteiger partial charge in [0.25, 0.3) is 0 Å². The van der Waals surface area contributed by atoms with Gasteiger partial charge in [0, 0.05) is 42.9 Å². The molecule has 0 bridgehead atoms. The summed E-state index contributed by atoms with van der Waals surface area (Å²) in [6, 6.07) is 1.89. The number of piperidine rings is 1. The highest BCUT2D eigenvalue weighted by Crippen LogP contribution is 2.39. The maximum atomic E-state index is 14.0. The van der Waals surface area contributed by atoms with Gasteiger partial charge in [0.15, 0.2) is 0 Å². The standard InChI is InChI=1S/C26H39N3O5/c1-15(2)19-12-27-23(11-22(19)33-8)29(18-9-10-18)24(31)21-14-28(25(32)34-26(5,6)7)13-20(16(21)3)17(4)30/h11-12,15-16,18,20-21H,9-10,13-14H2,1-8H3/t16-,20?,21?/m1/s1. The molecule has 1 aliphatic carbocycles. The first kappa shape index (κ1) is 26.0. The quantitative estimate of drug-likeness (QED) is 0.608. The first-order valence-corrected chi connectivity index (χ1v) is 12.2. The molecule has 2 amide bonds. The molecule has 3 rings (SSSR count). The third-order valence-corrected chi connectivity index (χ3v) is 6.71. The summed E-state index contributed by atoms with van der Waals surface area (Å²) in [6.07, 6.45) is 3.07. The maximum Gasteiger partial charge on any atom is 0.410 e. The number of carbonyl (C=O) groups excluding carboxylic acids is 3. The Labute approximate surface area is 203 Å². The number of carbonyl (C=O) groups is 3. The molecule has 1 aromatic rings. The Kier molecular flexibility index (Phi) is 7.58. The average Bonchev–Trinajstić information content (AvgIpc) is 3.57. The van der Waals surface area contributed by atoms with Crippen molar-refractivity contribution in [3.63, 3.8) is 0 Å². The summed E-state index contributed by atoms with van der Waals surface area (Å²) in [6.45, 7) is 13.5. The summed E-state index contributed by atoms with van der Waals surface area (Å²) >= 11 is 0. The van der Waals surface area contributed by atoms with Gasteiger partial charge in [-0.05, 0) is 52.4 Å². The Bertz CT molecular complexity index is 935. The van der Waals surface area contributed by atoms with Gasteiger partial charge in [-0.3, -0.25) is 14.5 Å². The van der Waals surface area contributed by atoms with Crippen LogP contribution in [0.15, 0.2) is 12.3 Å². The fourth-order valence-corrected chi connectivity index (χ4v) is 4.61. The second-order valence-corrected chi connectivity index (χ2v) is 10.9. The fourth-order valence-electron chi connectivity index (χ4n) is 4.61. The third kappa shape index (κ3) is 5.70. The predicted octanol–water partition coefficient (Wildman–Crippen LogP) is 4.42. The van der Waals surface area contributed by atoms with Crippen LogP contribution < -0.4 is 9.64 Å². The molecule has 2 unspecified atom stereocenters. The second-order valence-electron chi connectivity index (χ2n) is 10.9. The molecule has 1 saturated heterocycles.